The molecule has 0 saturated heterocycles. The standard InChI is InChI=1S/C11H10N2O3S/c1-15-7-3-4-10(16-2)8(5-7)11(14)9-6-17-13-12-9/h3-6H,1-2H3. The van der Waals surface area contributed by atoms with Gasteiger partial charge in [0, 0.05) is 5.38 Å². The molecule has 5 nitrogen and oxygen atoms in total. The molecule has 0 bridgehead atoms. The Kier molecular flexibility index (Phi) is 3.34. The summed E-state index contributed by atoms with van der Waals surface area (Å²) in [5.74, 6) is 0.857. The molecule has 0 aliphatic carbocycles. The average molecular weight is 250 g/mol. The van der Waals surface area contributed by atoms with Crippen molar-refractivity contribution < 1.29 is 14.3 Å². The van der Waals surface area contributed by atoms with Crippen LogP contribution in [0.15, 0.2) is 23.6 Å². The van der Waals surface area contributed by atoms with Crippen LogP contribution in [0, 0.1) is 0 Å². The number of aromatic nitrogens is 2. The number of methoxy groups -OCH3 is 2. The van der Waals surface area contributed by atoms with Gasteiger partial charge in [0.2, 0.25) is 5.78 Å². The lowest BCUT2D eigenvalue weighted by Gasteiger charge is -2.08. The van der Waals surface area contributed by atoms with Gasteiger partial charge in [0.05, 0.1) is 19.8 Å². The number of nitrogens with zero attached hydrogens (tertiary/aromatic N) is 2. The number of hydrogen-bond acceptors (Lipinski definition) is 6. The third-order valence-corrected chi connectivity index (χ3v) is 2.75. The number of carbonyl (C=O) groups is 1. The topological polar surface area (TPSA) is 61.3 Å². The van der Waals surface area contributed by atoms with Crippen molar-refractivity contribution in [1.82, 2.24) is 9.59 Å². The minimum absolute atomic E-state index is 0.227. The van der Waals surface area contributed by atoms with Crippen molar-refractivity contribution in [3.05, 3.63) is 34.8 Å². The largest absolute Gasteiger partial charge is 0.497 e. The summed E-state index contributed by atoms with van der Waals surface area (Å²) in [6.45, 7) is 0. The quantitative estimate of drug-likeness (QED) is 0.774. The molecule has 0 radical (unpaired) electrons. The van der Waals surface area contributed by atoms with Crippen LogP contribution in [0.3, 0.4) is 0 Å². The van der Waals surface area contributed by atoms with E-state index < -0.39 is 0 Å². The summed E-state index contributed by atoms with van der Waals surface area (Å²) < 4.78 is 13.9. The second-order valence-corrected chi connectivity index (χ2v) is 3.80. The Bertz CT molecular complexity index is 526. The van der Waals surface area contributed by atoms with Crippen molar-refractivity contribution in [2.75, 3.05) is 14.2 Å². The van der Waals surface area contributed by atoms with Crippen molar-refractivity contribution in [3.63, 3.8) is 0 Å². The van der Waals surface area contributed by atoms with Crippen molar-refractivity contribution in [2.24, 2.45) is 0 Å². The van der Waals surface area contributed by atoms with Gasteiger partial charge in [-0.3, -0.25) is 4.79 Å². The van der Waals surface area contributed by atoms with Gasteiger partial charge in [-0.1, -0.05) is 4.49 Å². The predicted molar refractivity (Wildman–Crippen MR) is 62.9 cm³/mol. The Balaban J connectivity index is 2.45. The van der Waals surface area contributed by atoms with Crippen molar-refractivity contribution in [2.45, 2.75) is 0 Å². The molecule has 88 valence electrons. The van der Waals surface area contributed by atoms with E-state index in [4.69, 9.17) is 9.47 Å². The lowest BCUT2D eigenvalue weighted by Crippen LogP contribution is -2.05. The highest BCUT2D eigenvalue weighted by Crippen LogP contribution is 2.25. The molecule has 0 atom stereocenters. The summed E-state index contributed by atoms with van der Waals surface area (Å²) in [6, 6.07) is 5.04. The van der Waals surface area contributed by atoms with Crippen LogP contribution in [0.1, 0.15) is 16.1 Å². The fraction of sp³-hybridized carbons (Fsp3) is 0.182. The third kappa shape index (κ3) is 2.26. The maximum atomic E-state index is 12.1. The number of ketones is 1. The molecule has 1 aromatic heterocycles. The normalized spacial score (nSPS) is 10.0. The molecule has 1 heterocycles. The van der Waals surface area contributed by atoms with Crippen LogP contribution in [0.4, 0.5) is 0 Å². The van der Waals surface area contributed by atoms with Crippen LogP contribution in [0.25, 0.3) is 0 Å². The second kappa shape index (κ2) is 4.92. The average Bonchev–Trinajstić information content (AvgIpc) is 2.91. The van der Waals surface area contributed by atoms with E-state index in [0.717, 1.165) is 11.5 Å². The maximum Gasteiger partial charge on any atom is 0.218 e. The number of ether oxygens (including phenoxy) is 2. The van der Waals surface area contributed by atoms with E-state index in [1.165, 1.54) is 7.11 Å². The fourth-order valence-electron chi connectivity index (χ4n) is 1.39. The fourth-order valence-corrected chi connectivity index (χ4v) is 1.83. The van der Waals surface area contributed by atoms with Gasteiger partial charge in [0.1, 0.15) is 17.2 Å². The van der Waals surface area contributed by atoms with Gasteiger partial charge in [-0.2, -0.15) is 0 Å². The Morgan fingerprint density at radius 2 is 2.12 bits per heavy atom. The van der Waals surface area contributed by atoms with E-state index in [-0.39, 0.29) is 5.78 Å². The van der Waals surface area contributed by atoms with Crippen molar-refractivity contribution >= 4 is 17.3 Å². The van der Waals surface area contributed by atoms with E-state index in [9.17, 15) is 4.79 Å². The Morgan fingerprint density at radius 1 is 1.29 bits per heavy atom. The van der Waals surface area contributed by atoms with Gasteiger partial charge in [-0.05, 0) is 29.7 Å². The van der Waals surface area contributed by atoms with Gasteiger partial charge in [0.25, 0.3) is 0 Å². The number of rotatable bonds is 4. The van der Waals surface area contributed by atoms with E-state index in [2.05, 4.69) is 9.59 Å². The minimum atomic E-state index is -0.227. The summed E-state index contributed by atoms with van der Waals surface area (Å²) in [6.07, 6.45) is 0. The van der Waals surface area contributed by atoms with Crippen LogP contribution in [0.5, 0.6) is 11.5 Å². The van der Waals surface area contributed by atoms with Gasteiger partial charge < -0.3 is 9.47 Å². The molecule has 0 unspecified atom stereocenters. The van der Waals surface area contributed by atoms with E-state index >= 15 is 0 Å². The number of benzene rings is 1. The van der Waals surface area contributed by atoms with Crippen molar-refractivity contribution in [1.29, 1.82) is 0 Å². The molecule has 17 heavy (non-hydrogen) atoms. The van der Waals surface area contributed by atoms with E-state index in [1.807, 2.05) is 0 Å². The highest BCUT2D eigenvalue weighted by Gasteiger charge is 2.17. The molecular weight excluding hydrogens is 240 g/mol. The molecule has 0 N–H and O–H groups in total. The monoisotopic (exact) mass is 250 g/mol. The molecule has 6 heteroatoms. The highest BCUT2D eigenvalue weighted by molar-refractivity contribution is 7.03. The number of carbonyl (C=O) groups excluding carboxylic acids is 1. The first-order valence-electron chi connectivity index (χ1n) is 4.80. The first-order valence-corrected chi connectivity index (χ1v) is 5.63. The smallest absolute Gasteiger partial charge is 0.218 e. The SMILES string of the molecule is COc1ccc(OC)c(C(=O)c2csnn2)c1. The zero-order valence-electron chi connectivity index (χ0n) is 9.34. The zero-order valence-corrected chi connectivity index (χ0v) is 10.2. The summed E-state index contributed by atoms with van der Waals surface area (Å²) >= 11 is 1.13. The molecule has 0 fully saturated rings. The minimum Gasteiger partial charge on any atom is -0.497 e. The first kappa shape index (κ1) is 11.5. The zero-order chi connectivity index (χ0) is 12.3. The number of hydrogen-bond donors (Lipinski definition) is 0. The Hall–Kier alpha value is -1.95. The summed E-state index contributed by atoms with van der Waals surface area (Å²) in [5.41, 5.74) is 0.723. The molecule has 0 saturated carbocycles. The van der Waals surface area contributed by atoms with Crippen LogP contribution >= 0.6 is 11.5 Å². The molecular formula is C11H10N2O3S. The third-order valence-electron chi connectivity index (χ3n) is 2.24. The Labute approximate surface area is 102 Å². The van der Waals surface area contributed by atoms with Gasteiger partial charge >= 0.3 is 0 Å². The van der Waals surface area contributed by atoms with E-state index in [1.54, 1.807) is 30.7 Å². The van der Waals surface area contributed by atoms with Gasteiger partial charge in [0.15, 0.2) is 0 Å². The van der Waals surface area contributed by atoms with Crippen molar-refractivity contribution in [3.8, 4) is 11.5 Å². The molecule has 0 amide bonds. The predicted octanol–water partition coefficient (Wildman–Crippen LogP) is 1.79. The molecule has 2 rings (SSSR count). The summed E-state index contributed by atoms with van der Waals surface area (Å²) in [5, 5.41) is 5.34. The van der Waals surface area contributed by atoms with Crippen LogP contribution in [-0.2, 0) is 0 Å². The maximum absolute atomic E-state index is 12.1. The molecule has 0 spiro atoms. The summed E-state index contributed by atoms with van der Waals surface area (Å²) in [4.78, 5) is 12.1. The lowest BCUT2D eigenvalue weighted by atomic mass is 10.1. The molecule has 0 aliphatic heterocycles. The molecule has 2 aromatic rings. The molecule has 0 aliphatic rings. The molecule has 1 aromatic carbocycles. The van der Waals surface area contributed by atoms with Crippen LogP contribution in [-0.4, -0.2) is 29.6 Å². The summed E-state index contributed by atoms with van der Waals surface area (Å²) in [7, 11) is 3.05. The Morgan fingerprint density at radius 3 is 2.71 bits per heavy atom. The lowest BCUT2D eigenvalue weighted by molar-refractivity contribution is 0.103. The van der Waals surface area contributed by atoms with Gasteiger partial charge in [-0.15, -0.1) is 5.10 Å². The second-order valence-electron chi connectivity index (χ2n) is 3.19. The van der Waals surface area contributed by atoms with Crippen LogP contribution < -0.4 is 9.47 Å². The van der Waals surface area contributed by atoms with Gasteiger partial charge in [-0.25, -0.2) is 0 Å². The highest BCUT2D eigenvalue weighted by atomic mass is 32.1. The first-order chi connectivity index (χ1) is 8.26. The van der Waals surface area contributed by atoms with Crippen LogP contribution in [0.2, 0.25) is 0 Å². The van der Waals surface area contributed by atoms with E-state index in [0.29, 0.717) is 22.8 Å².